The first-order valence-corrected chi connectivity index (χ1v) is 4.85. The Balaban J connectivity index is 3.28. The molecule has 14 heavy (non-hydrogen) atoms. The van der Waals surface area contributed by atoms with Crippen LogP contribution in [-0.4, -0.2) is 18.2 Å². The maximum Gasteiger partial charge on any atom is 0.338 e. The SMILES string of the molecule is COC(=O)c1ccc(F)c(CO)c1I. The molecule has 0 saturated carbocycles. The van der Waals surface area contributed by atoms with Crippen LogP contribution in [0.5, 0.6) is 0 Å². The summed E-state index contributed by atoms with van der Waals surface area (Å²) in [6.45, 7) is -0.436. The summed E-state index contributed by atoms with van der Waals surface area (Å²) < 4.78 is 18.0. The maximum atomic E-state index is 13.1. The Morgan fingerprint density at radius 2 is 2.29 bits per heavy atom. The third-order valence-electron chi connectivity index (χ3n) is 1.75. The first kappa shape index (κ1) is 11.4. The quantitative estimate of drug-likeness (QED) is 0.668. The molecule has 0 radical (unpaired) electrons. The summed E-state index contributed by atoms with van der Waals surface area (Å²) in [4.78, 5) is 11.2. The molecule has 1 aromatic carbocycles. The van der Waals surface area contributed by atoms with Crippen molar-refractivity contribution in [3.05, 3.63) is 32.6 Å². The van der Waals surface area contributed by atoms with Crippen LogP contribution in [0.2, 0.25) is 0 Å². The van der Waals surface area contributed by atoms with Gasteiger partial charge in [0.15, 0.2) is 0 Å². The van der Waals surface area contributed by atoms with Gasteiger partial charge in [-0.1, -0.05) is 0 Å². The molecule has 0 aliphatic rings. The Morgan fingerprint density at radius 1 is 1.64 bits per heavy atom. The van der Waals surface area contributed by atoms with Crippen LogP contribution in [0.3, 0.4) is 0 Å². The third kappa shape index (κ3) is 2.03. The van der Waals surface area contributed by atoms with E-state index in [0.29, 0.717) is 3.57 Å². The van der Waals surface area contributed by atoms with Crippen molar-refractivity contribution in [2.75, 3.05) is 7.11 Å². The van der Waals surface area contributed by atoms with Gasteiger partial charge < -0.3 is 9.84 Å². The van der Waals surface area contributed by atoms with Gasteiger partial charge in [-0.2, -0.15) is 0 Å². The van der Waals surface area contributed by atoms with Crippen LogP contribution < -0.4 is 0 Å². The van der Waals surface area contributed by atoms with E-state index in [1.807, 2.05) is 0 Å². The van der Waals surface area contributed by atoms with E-state index in [2.05, 4.69) is 4.74 Å². The number of hydrogen-bond donors (Lipinski definition) is 1. The first-order chi connectivity index (χ1) is 6.61. The van der Waals surface area contributed by atoms with Crippen LogP contribution in [-0.2, 0) is 11.3 Å². The lowest BCUT2D eigenvalue weighted by Gasteiger charge is -2.07. The normalized spacial score (nSPS) is 10.0. The lowest BCUT2D eigenvalue weighted by atomic mass is 10.1. The molecule has 0 heterocycles. The predicted octanol–water partition coefficient (Wildman–Crippen LogP) is 1.71. The van der Waals surface area contributed by atoms with Crippen LogP contribution in [0, 0.1) is 9.39 Å². The fourth-order valence-corrected chi connectivity index (χ4v) is 1.84. The fraction of sp³-hybridized carbons (Fsp3) is 0.222. The number of methoxy groups -OCH3 is 1. The lowest BCUT2D eigenvalue weighted by molar-refractivity contribution is 0.0599. The van der Waals surface area contributed by atoms with Gasteiger partial charge in [-0.25, -0.2) is 9.18 Å². The van der Waals surface area contributed by atoms with E-state index in [9.17, 15) is 9.18 Å². The van der Waals surface area contributed by atoms with Gasteiger partial charge >= 0.3 is 5.97 Å². The molecule has 76 valence electrons. The summed E-state index contributed by atoms with van der Waals surface area (Å²) in [6.07, 6.45) is 0. The largest absolute Gasteiger partial charge is 0.465 e. The molecular formula is C9H8FIO3. The molecule has 0 spiro atoms. The summed E-state index contributed by atoms with van der Waals surface area (Å²) in [5.41, 5.74) is 0.382. The number of carbonyl (C=O) groups is 1. The molecule has 1 aromatic rings. The van der Waals surface area contributed by atoms with Gasteiger partial charge in [-0.15, -0.1) is 0 Å². The van der Waals surface area contributed by atoms with Crippen molar-refractivity contribution in [1.29, 1.82) is 0 Å². The number of rotatable bonds is 2. The molecule has 3 nitrogen and oxygen atoms in total. The standard InChI is InChI=1S/C9H8FIO3/c1-14-9(13)5-2-3-7(10)6(4-12)8(5)11/h2-3,12H,4H2,1H3. The van der Waals surface area contributed by atoms with Gasteiger partial charge in [-0.05, 0) is 34.7 Å². The van der Waals surface area contributed by atoms with Gasteiger partial charge in [0.1, 0.15) is 5.82 Å². The van der Waals surface area contributed by atoms with Gasteiger partial charge in [0.2, 0.25) is 0 Å². The molecule has 0 amide bonds. The second-order valence-corrected chi connectivity index (χ2v) is 3.62. The highest BCUT2D eigenvalue weighted by molar-refractivity contribution is 14.1. The highest BCUT2D eigenvalue weighted by Gasteiger charge is 2.15. The van der Waals surface area contributed by atoms with Crippen LogP contribution in [0.4, 0.5) is 4.39 Å². The zero-order valence-electron chi connectivity index (χ0n) is 7.38. The highest BCUT2D eigenvalue weighted by atomic mass is 127. The fourth-order valence-electron chi connectivity index (χ4n) is 1.01. The molecule has 5 heteroatoms. The number of benzene rings is 1. The summed E-state index contributed by atoms with van der Waals surface area (Å²) >= 11 is 1.80. The average molecular weight is 310 g/mol. The van der Waals surface area contributed by atoms with E-state index >= 15 is 0 Å². The Labute approximate surface area is 94.0 Å². The van der Waals surface area contributed by atoms with Crippen molar-refractivity contribution >= 4 is 28.6 Å². The summed E-state index contributed by atoms with van der Waals surface area (Å²) in [6, 6.07) is 2.47. The average Bonchev–Trinajstić information content (AvgIpc) is 2.18. The molecule has 1 rings (SSSR count). The predicted molar refractivity (Wildman–Crippen MR) is 56.4 cm³/mol. The van der Waals surface area contributed by atoms with Crippen LogP contribution in [0.1, 0.15) is 15.9 Å². The van der Waals surface area contributed by atoms with Crippen LogP contribution >= 0.6 is 22.6 Å². The van der Waals surface area contributed by atoms with Gasteiger partial charge in [0, 0.05) is 9.13 Å². The molecule has 0 aromatic heterocycles. The molecule has 0 aliphatic carbocycles. The number of halogens is 2. The molecule has 1 N–H and O–H groups in total. The molecule has 0 bridgehead atoms. The molecule has 0 unspecified atom stereocenters. The number of esters is 1. The van der Waals surface area contributed by atoms with Crippen LogP contribution in [0.15, 0.2) is 12.1 Å². The molecular weight excluding hydrogens is 302 g/mol. The van der Waals surface area contributed by atoms with Crippen molar-refractivity contribution in [1.82, 2.24) is 0 Å². The van der Waals surface area contributed by atoms with E-state index < -0.39 is 18.4 Å². The number of ether oxygens (including phenoxy) is 1. The Kier molecular flexibility index (Phi) is 3.82. The Bertz CT molecular complexity index is 365. The highest BCUT2D eigenvalue weighted by Crippen LogP contribution is 2.21. The van der Waals surface area contributed by atoms with Crippen molar-refractivity contribution in [3.8, 4) is 0 Å². The summed E-state index contributed by atoms with van der Waals surface area (Å²) in [5.74, 6) is -1.06. The second-order valence-electron chi connectivity index (χ2n) is 2.54. The second kappa shape index (κ2) is 4.70. The summed E-state index contributed by atoms with van der Waals surface area (Å²) in [7, 11) is 1.25. The van der Waals surface area contributed by atoms with Crippen molar-refractivity contribution in [2.24, 2.45) is 0 Å². The minimum atomic E-state index is -0.538. The number of hydrogen-bond acceptors (Lipinski definition) is 3. The molecule has 0 atom stereocenters. The third-order valence-corrected chi connectivity index (χ3v) is 2.98. The Morgan fingerprint density at radius 3 is 2.79 bits per heavy atom. The van der Waals surface area contributed by atoms with E-state index in [-0.39, 0.29) is 11.1 Å². The van der Waals surface area contributed by atoms with Gasteiger partial charge in [-0.3, -0.25) is 0 Å². The topological polar surface area (TPSA) is 46.5 Å². The van der Waals surface area contributed by atoms with E-state index in [0.717, 1.165) is 6.07 Å². The van der Waals surface area contributed by atoms with E-state index in [1.165, 1.54) is 13.2 Å². The molecule has 0 saturated heterocycles. The maximum absolute atomic E-state index is 13.1. The number of aliphatic hydroxyl groups excluding tert-OH is 1. The minimum absolute atomic E-state index is 0.119. The zero-order valence-corrected chi connectivity index (χ0v) is 9.54. The van der Waals surface area contributed by atoms with Crippen molar-refractivity contribution < 1.29 is 19.0 Å². The summed E-state index contributed by atoms with van der Waals surface area (Å²) in [5, 5.41) is 8.88. The van der Waals surface area contributed by atoms with E-state index in [1.54, 1.807) is 22.6 Å². The Hall–Kier alpha value is -0.690. The number of aliphatic hydroxyl groups is 1. The van der Waals surface area contributed by atoms with Crippen molar-refractivity contribution in [3.63, 3.8) is 0 Å². The molecule has 0 fully saturated rings. The lowest BCUT2D eigenvalue weighted by Crippen LogP contribution is -2.07. The molecule has 0 aliphatic heterocycles. The van der Waals surface area contributed by atoms with Crippen molar-refractivity contribution in [2.45, 2.75) is 6.61 Å². The zero-order chi connectivity index (χ0) is 10.7. The van der Waals surface area contributed by atoms with Gasteiger partial charge in [0.05, 0.1) is 19.3 Å². The van der Waals surface area contributed by atoms with E-state index in [4.69, 9.17) is 5.11 Å². The smallest absolute Gasteiger partial charge is 0.338 e. The minimum Gasteiger partial charge on any atom is -0.465 e. The monoisotopic (exact) mass is 310 g/mol. The first-order valence-electron chi connectivity index (χ1n) is 3.77. The van der Waals surface area contributed by atoms with Crippen LogP contribution in [0.25, 0.3) is 0 Å². The number of carbonyl (C=O) groups excluding carboxylic acids is 1. The van der Waals surface area contributed by atoms with Gasteiger partial charge in [0.25, 0.3) is 0 Å².